The lowest BCUT2D eigenvalue weighted by atomic mass is 10.0. The molecule has 0 bridgehead atoms. The van der Waals surface area contributed by atoms with E-state index in [1.807, 2.05) is 13.0 Å². The van der Waals surface area contributed by atoms with Crippen molar-refractivity contribution in [2.75, 3.05) is 0 Å². The van der Waals surface area contributed by atoms with Gasteiger partial charge in [0.05, 0.1) is 0 Å². The molecule has 0 aliphatic carbocycles. The molecule has 1 aromatic heterocycles. The Balaban J connectivity index is 2.80. The molecule has 5 heteroatoms. The van der Waals surface area contributed by atoms with E-state index in [-0.39, 0.29) is 0 Å². The van der Waals surface area contributed by atoms with Gasteiger partial charge in [0.2, 0.25) is 3.79 Å². The van der Waals surface area contributed by atoms with Gasteiger partial charge in [0.25, 0.3) is 0 Å². The van der Waals surface area contributed by atoms with Crippen LogP contribution in [-0.2, 0) is 12.8 Å². The maximum Gasteiger partial charge on any atom is 0.216 e. The van der Waals surface area contributed by atoms with Gasteiger partial charge < -0.3 is 5.11 Å². The standard InChI is InChI=1S/C10H12Cl3NO/c1-2-7-6-14-4-3-8(7)5-9(15)10(11,12)13/h3-4,6,9,15H,2,5H2,1H3/t9-/m1/s1. The Morgan fingerprint density at radius 3 is 2.60 bits per heavy atom. The van der Waals surface area contributed by atoms with Gasteiger partial charge in [-0.3, -0.25) is 4.98 Å². The average Bonchev–Trinajstić information content (AvgIpc) is 2.17. The topological polar surface area (TPSA) is 33.1 Å². The minimum atomic E-state index is -1.64. The maximum atomic E-state index is 9.64. The van der Waals surface area contributed by atoms with Crippen LogP contribution in [0, 0.1) is 0 Å². The second-order valence-corrected chi connectivity index (χ2v) is 5.63. The Hall–Kier alpha value is -0.0200. The maximum absolute atomic E-state index is 9.64. The van der Waals surface area contributed by atoms with Crippen LogP contribution in [0.2, 0.25) is 0 Å². The molecule has 0 saturated heterocycles. The van der Waals surface area contributed by atoms with E-state index in [0.717, 1.165) is 17.5 Å². The number of halogens is 3. The van der Waals surface area contributed by atoms with Gasteiger partial charge in [0, 0.05) is 18.8 Å². The molecule has 84 valence electrons. The fraction of sp³-hybridized carbons (Fsp3) is 0.500. The van der Waals surface area contributed by atoms with Crippen LogP contribution >= 0.6 is 34.8 Å². The van der Waals surface area contributed by atoms with E-state index in [9.17, 15) is 5.11 Å². The molecule has 0 aliphatic heterocycles. The molecule has 0 saturated carbocycles. The number of pyridine rings is 1. The van der Waals surface area contributed by atoms with Gasteiger partial charge in [0.15, 0.2) is 0 Å². The Labute approximate surface area is 104 Å². The van der Waals surface area contributed by atoms with Crippen molar-refractivity contribution in [2.24, 2.45) is 0 Å². The highest BCUT2D eigenvalue weighted by Crippen LogP contribution is 2.32. The number of hydrogen-bond donors (Lipinski definition) is 1. The zero-order valence-electron chi connectivity index (χ0n) is 8.25. The SMILES string of the molecule is CCc1cnccc1C[C@@H](O)C(Cl)(Cl)Cl. The van der Waals surface area contributed by atoms with Crippen molar-refractivity contribution >= 4 is 34.8 Å². The molecule has 0 spiro atoms. The first kappa shape index (κ1) is 13.0. The van der Waals surface area contributed by atoms with Crippen molar-refractivity contribution in [1.29, 1.82) is 0 Å². The van der Waals surface area contributed by atoms with Crippen molar-refractivity contribution in [1.82, 2.24) is 4.98 Å². The van der Waals surface area contributed by atoms with Gasteiger partial charge in [-0.25, -0.2) is 0 Å². The summed E-state index contributed by atoms with van der Waals surface area (Å²) in [7, 11) is 0. The van der Waals surface area contributed by atoms with Crippen LogP contribution in [0.3, 0.4) is 0 Å². The van der Waals surface area contributed by atoms with Crippen LogP contribution in [0.15, 0.2) is 18.5 Å². The monoisotopic (exact) mass is 267 g/mol. The molecule has 1 atom stereocenters. The Kier molecular flexibility index (Phi) is 4.65. The van der Waals surface area contributed by atoms with Gasteiger partial charge in [-0.2, -0.15) is 0 Å². The summed E-state index contributed by atoms with van der Waals surface area (Å²) in [5.74, 6) is 0. The number of alkyl halides is 3. The van der Waals surface area contributed by atoms with Crippen LogP contribution in [0.1, 0.15) is 18.1 Å². The summed E-state index contributed by atoms with van der Waals surface area (Å²) in [6.07, 6.45) is 3.59. The Morgan fingerprint density at radius 2 is 2.07 bits per heavy atom. The van der Waals surface area contributed by atoms with Crippen molar-refractivity contribution < 1.29 is 5.11 Å². The smallest absolute Gasteiger partial charge is 0.216 e. The molecule has 1 N–H and O–H groups in total. The van der Waals surface area contributed by atoms with Crippen LogP contribution in [-0.4, -0.2) is 20.0 Å². The molecule has 0 aliphatic rings. The fourth-order valence-electron chi connectivity index (χ4n) is 1.30. The molecule has 0 amide bonds. The van der Waals surface area contributed by atoms with Gasteiger partial charge in [-0.1, -0.05) is 41.7 Å². The number of hydrogen-bond acceptors (Lipinski definition) is 2. The molecule has 0 fully saturated rings. The molecule has 0 unspecified atom stereocenters. The van der Waals surface area contributed by atoms with Gasteiger partial charge >= 0.3 is 0 Å². The summed E-state index contributed by atoms with van der Waals surface area (Å²) < 4.78 is -1.64. The van der Waals surface area contributed by atoms with Gasteiger partial charge in [0.1, 0.15) is 6.10 Å². The highest BCUT2D eigenvalue weighted by Gasteiger charge is 2.31. The van der Waals surface area contributed by atoms with E-state index < -0.39 is 9.90 Å². The third-order valence-electron chi connectivity index (χ3n) is 2.18. The Morgan fingerprint density at radius 1 is 1.40 bits per heavy atom. The first-order chi connectivity index (χ1) is 6.95. The number of aryl methyl sites for hydroxylation is 1. The molecule has 2 nitrogen and oxygen atoms in total. The summed E-state index contributed by atoms with van der Waals surface area (Å²) >= 11 is 16.8. The first-order valence-electron chi connectivity index (χ1n) is 4.61. The average molecular weight is 269 g/mol. The van der Waals surface area contributed by atoms with E-state index in [1.165, 1.54) is 0 Å². The number of nitrogens with zero attached hydrogens (tertiary/aromatic N) is 1. The molecular weight excluding hydrogens is 256 g/mol. The molecule has 0 aromatic carbocycles. The second kappa shape index (κ2) is 5.35. The van der Waals surface area contributed by atoms with Gasteiger partial charge in [-0.05, 0) is 23.6 Å². The van der Waals surface area contributed by atoms with E-state index in [0.29, 0.717) is 6.42 Å². The molecule has 1 aromatic rings. The zero-order valence-corrected chi connectivity index (χ0v) is 10.5. The first-order valence-corrected chi connectivity index (χ1v) is 5.75. The number of aromatic nitrogens is 1. The number of aliphatic hydroxyl groups is 1. The summed E-state index contributed by atoms with van der Waals surface area (Å²) in [6.45, 7) is 2.02. The summed E-state index contributed by atoms with van der Waals surface area (Å²) in [4.78, 5) is 4.01. The normalized spacial score (nSPS) is 13.9. The van der Waals surface area contributed by atoms with E-state index >= 15 is 0 Å². The second-order valence-electron chi connectivity index (χ2n) is 3.26. The highest BCUT2D eigenvalue weighted by atomic mass is 35.6. The predicted octanol–water partition coefficient (Wildman–Crippen LogP) is 2.92. The fourth-order valence-corrected chi connectivity index (χ4v) is 1.53. The lowest BCUT2D eigenvalue weighted by Gasteiger charge is -2.19. The van der Waals surface area contributed by atoms with Crippen LogP contribution in [0.25, 0.3) is 0 Å². The zero-order chi connectivity index (χ0) is 11.5. The van der Waals surface area contributed by atoms with Gasteiger partial charge in [-0.15, -0.1) is 0 Å². The largest absolute Gasteiger partial charge is 0.388 e. The lowest BCUT2D eigenvalue weighted by molar-refractivity contribution is 0.179. The van der Waals surface area contributed by atoms with E-state index in [4.69, 9.17) is 34.8 Å². The third kappa shape index (κ3) is 3.80. The van der Waals surface area contributed by atoms with Crippen molar-refractivity contribution in [3.63, 3.8) is 0 Å². The Bertz CT molecular complexity index is 325. The van der Waals surface area contributed by atoms with E-state index in [1.54, 1.807) is 12.4 Å². The summed E-state index contributed by atoms with van der Waals surface area (Å²) in [6, 6.07) is 1.83. The third-order valence-corrected chi connectivity index (χ3v) is 2.93. The van der Waals surface area contributed by atoms with Crippen LogP contribution in [0.5, 0.6) is 0 Å². The number of aliphatic hydroxyl groups excluding tert-OH is 1. The minimum absolute atomic E-state index is 0.322. The summed E-state index contributed by atoms with van der Waals surface area (Å²) in [5, 5.41) is 9.64. The lowest BCUT2D eigenvalue weighted by Crippen LogP contribution is -2.27. The molecule has 15 heavy (non-hydrogen) atoms. The van der Waals surface area contributed by atoms with Crippen molar-refractivity contribution in [2.45, 2.75) is 29.7 Å². The van der Waals surface area contributed by atoms with Crippen LogP contribution in [0.4, 0.5) is 0 Å². The highest BCUT2D eigenvalue weighted by molar-refractivity contribution is 6.68. The quantitative estimate of drug-likeness (QED) is 0.855. The molecule has 1 rings (SSSR count). The predicted molar refractivity (Wildman–Crippen MR) is 63.6 cm³/mol. The van der Waals surface area contributed by atoms with Crippen molar-refractivity contribution in [3.05, 3.63) is 29.6 Å². The molecule has 0 radical (unpaired) electrons. The van der Waals surface area contributed by atoms with E-state index in [2.05, 4.69) is 4.98 Å². The number of rotatable bonds is 3. The molecular formula is C10H12Cl3NO. The summed E-state index contributed by atoms with van der Waals surface area (Å²) in [5.41, 5.74) is 2.03. The van der Waals surface area contributed by atoms with Crippen molar-refractivity contribution in [3.8, 4) is 0 Å². The molecule has 1 heterocycles. The minimum Gasteiger partial charge on any atom is -0.388 e. The van der Waals surface area contributed by atoms with Crippen LogP contribution < -0.4 is 0 Å².